The maximum atomic E-state index is 11.4. The summed E-state index contributed by atoms with van der Waals surface area (Å²) in [5, 5.41) is 13.8. The summed E-state index contributed by atoms with van der Waals surface area (Å²) in [7, 11) is -2.97. The molecule has 1 fully saturated rings. The summed E-state index contributed by atoms with van der Waals surface area (Å²) in [5.41, 5.74) is 5.41. The second kappa shape index (κ2) is 5.19. The maximum absolute atomic E-state index is 11.4. The normalized spacial score (nSPS) is 20.8. The summed E-state index contributed by atoms with van der Waals surface area (Å²) in [5.74, 6) is 0.148. The number of nitrogens with one attached hydrogen (secondary N) is 1. The lowest BCUT2D eigenvalue weighted by Gasteiger charge is -2.11. The zero-order chi connectivity index (χ0) is 14.9. The topological polar surface area (TPSA) is 141 Å². The summed E-state index contributed by atoms with van der Waals surface area (Å²) in [6.07, 6.45) is 0.544. The largest absolute Gasteiger partial charge is 0.368 e. The van der Waals surface area contributed by atoms with Gasteiger partial charge in [-0.3, -0.25) is 10.1 Å². The lowest BCUT2D eigenvalue weighted by atomic mass is 10.1. The summed E-state index contributed by atoms with van der Waals surface area (Å²) < 4.78 is 22.7. The quantitative estimate of drug-likeness (QED) is 0.590. The Labute approximate surface area is 115 Å². The van der Waals surface area contributed by atoms with Crippen LogP contribution in [0.2, 0.25) is 0 Å². The molecule has 1 aliphatic rings. The first-order chi connectivity index (χ1) is 9.28. The van der Waals surface area contributed by atoms with Crippen molar-refractivity contribution < 1.29 is 13.3 Å². The molecule has 1 aliphatic heterocycles. The Balaban J connectivity index is 2.15. The van der Waals surface area contributed by atoms with E-state index in [1.54, 1.807) is 0 Å². The molecule has 3 N–H and O–H groups in total. The van der Waals surface area contributed by atoms with Gasteiger partial charge in [-0.2, -0.15) is 4.98 Å². The molecular formula is C10H15N5O4S. The zero-order valence-corrected chi connectivity index (χ0v) is 11.7. The fourth-order valence-electron chi connectivity index (χ4n) is 2.20. The minimum Gasteiger partial charge on any atom is -0.368 e. The van der Waals surface area contributed by atoms with E-state index in [0.29, 0.717) is 13.0 Å². The number of nitro groups is 1. The van der Waals surface area contributed by atoms with Crippen LogP contribution in [-0.2, 0) is 9.84 Å². The second-order valence-electron chi connectivity index (χ2n) is 4.77. The Morgan fingerprint density at radius 3 is 2.75 bits per heavy atom. The van der Waals surface area contributed by atoms with Gasteiger partial charge in [0, 0.05) is 6.54 Å². The highest BCUT2D eigenvalue weighted by Gasteiger charge is 2.29. The lowest BCUT2D eigenvalue weighted by Crippen LogP contribution is -2.18. The van der Waals surface area contributed by atoms with Crippen LogP contribution in [0.5, 0.6) is 0 Å². The minimum absolute atomic E-state index is 0.0318. The van der Waals surface area contributed by atoms with Gasteiger partial charge in [0.05, 0.1) is 16.4 Å². The van der Waals surface area contributed by atoms with Crippen LogP contribution >= 0.6 is 0 Å². The standard InChI is InChI=1S/C10H15N5O4S/c1-6-8(15(16)17)9(14-10(11)13-6)12-4-7-2-3-20(18,19)5-7/h7H,2-5H2,1H3,(H3,11,12,13,14). The molecule has 0 aromatic carbocycles. The number of aromatic nitrogens is 2. The molecular weight excluding hydrogens is 286 g/mol. The molecule has 1 atom stereocenters. The second-order valence-corrected chi connectivity index (χ2v) is 7.00. The molecule has 0 amide bonds. The number of nitrogens with zero attached hydrogens (tertiary/aromatic N) is 3. The van der Waals surface area contributed by atoms with E-state index in [2.05, 4.69) is 15.3 Å². The Hall–Kier alpha value is -1.97. The van der Waals surface area contributed by atoms with E-state index in [1.807, 2.05) is 0 Å². The fourth-order valence-corrected chi connectivity index (χ4v) is 4.07. The molecule has 9 nitrogen and oxygen atoms in total. The third-order valence-corrected chi connectivity index (χ3v) is 4.98. The van der Waals surface area contributed by atoms with Gasteiger partial charge >= 0.3 is 5.69 Å². The average Bonchev–Trinajstić information content (AvgIpc) is 2.64. The number of sulfone groups is 1. The summed E-state index contributed by atoms with van der Waals surface area (Å²) in [6, 6.07) is 0. The monoisotopic (exact) mass is 301 g/mol. The first kappa shape index (κ1) is 14.4. The molecule has 2 heterocycles. The van der Waals surface area contributed by atoms with E-state index < -0.39 is 14.8 Å². The molecule has 20 heavy (non-hydrogen) atoms. The summed E-state index contributed by atoms with van der Waals surface area (Å²) in [6.45, 7) is 1.78. The molecule has 1 unspecified atom stereocenters. The lowest BCUT2D eigenvalue weighted by molar-refractivity contribution is -0.385. The van der Waals surface area contributed by atoms with Gasteiger partial charge in [-0.1, -0.05) is 0 Å². The van der Waals surface area contributed by atoms with Gasteiger partial charge in [0.2, 0.25) is 11.8 Å². The number of aryl methyl sites for hydroxylation is 1. The number of rotatable bonds is 4. The highest BCUT2D eigenvalue weighted by atomic mass is 32.2. The van der Waals surface area contributed by atoms with Gasteiger partial charge in [0.25, 0.3) is 0 Å². The van der Waals surface area contributed by atoms with Crippen molar-refractivity contribution in [3.63, 3.8) is 0 Å². The van der Waals surface area contributed by atoms with Crippen molar-refractivity contribution >= 4 is 27.3 Å². The van der Waals surface area contributed by atoms with E-state index in [0.717, 1.165) is 0 Å². The molecule has 1 aromatic rings. The van der Waals surface area contributed by atoms with Crippen LogP contribution < -0.4 is 11.1 Å². The third-order valence-electron chi connectivity index (χ3n) is 3.14. The van der Waals surface area contributed by atoms with Crippen LogP contribution in [0.25, 0.3) is 0 Å². The van der Waals surface area contributed by atoms with Gasteiger partial charge in [-0.15, -0.1) is 0 Å². The van der Waals surface area contributed by atoms with E-state index in [9.17, 15) is 18.5 Å². The third kappa shape index (κ3) is 3.13. The molecule has 10 heteroatoms. The van der Waals surface area contributed by atoms with Crippen LogP contribution in [0.4, 0.5) is 17.5 Å². The Morgan fingerprint density at radius 1 is 1.50 bits per heavy atom. The van der Waals surface area contributed by atoms with Crippen molar-refractivity contribution in [3.8, 4) is 0 Å². The predicted octanol–water partition coefficient (Wildman–Crippen LogP) is 0.122. The number of nitrogens with two attached hydrogens (primary N) is 1. The van der Waals surface area contributed by atoms with Crippen molar-refractivity contribution in [2.45, 2.75) is 13.3 Å². The average molecular weight is 301 g/mol. The van der Waals surface area contributed by atoms with E-state index in [4.69, 9.17) is 5.73 Å². The van der Waals surface area contributed by atoms with Crippen molar-refractivity contribution in [1.29, 1.82) is 0 Å². The highest BCUT2D eigenvalue weighted by molar-refractivity contribution is 7.91. The first-order valence-corrected chi connectivity index (χ1v) is 7.83. The van der Waals surface area contributed by atoms with Crippen LogP contribution in [0, 0.1) is 23.0 Å². The molecule has 110 valence electrons. The van der Waals surface area contributed by atoms with E-state index in [1.165, 1.54) is 6.92 Å². The number of anilines is 2. The Bertz CT molecular complexity index is 645. The minimum atomic E-state index is -2.97. The molecule has 1 aromatic heterocycles. The number of hydrogen-bond acceptors (Lipinski definition) is 8. The van der Waals surface area contributed by atoms with Crippen LogP contribution in [0.1, 0.15) is 12.1 Å². The molecule has 0 radical (unpaired) electrons. The van der Waals surface area contributed by atoms with Gasteiger partial charge in [-0.05, 0) is 19.3 Å². The van der Waals surface area contributed by atoms with Crippen molar-refractivity contribution in [2.24, 2.45) is 5.92 Å². The Kier molecular flexibility index (Phi) is 3.75. The van der Waals surface area contributed by atoms with Crippen molar-refractivity contribution in [3.05, 3.63) is 15.8 Å². The van der Waals surface area contributed by atoms with Crippen LogP contribution in [-0.4, -0.2) is 41.4 Å². The zero-order valence-electron chi connectivity index (χ0n) is 10.9. The van der Waals surface area contributed by atoms with E-state index in [-0.39, 0.29) is 40.6 Å². The number of nitrogen functional groups attached to an aromatic ring is 1. The maximum Gasteiger partial charge on any atom is 0.332 e. The van der Waals surface area contributed by atoms with Gasteiger partial charge < -0.3 is 11.1 Å². The van der Waals surface area contributed by atoms with Gasteiger partial charge in [0.15, 0.2) is 9.84 Å². The van der Waals surface area contributed by atoms with Gasteiger partial charge in [-0.25, -0.2) is 13.4 Å². The SMILES string of the molecule is Cc1nc(N)nc(NCC2CCS(=O)(=O)C2)c1[N+](=O)[O-]. The smallest absolute Gasteiger partial charge is 0.332 e. The summed E-state index contributed by atoms with van der Waals surface area (Å²) in [4.78, 5) is 18.0. The molecule has 0 aliphatic carbocycles. The summed E-state index contributed by atoms with van der Waals surface area (Å²) >= 11 is 0. The molecule has 0 spiro atoms. The first-order valence-electron chi connectivity index (χ1n) is 6.01. The molecule has 2 rings (SSSR count). The number of hydrogen-bond donors (Lipinski definition) is 2. The Morgan fingerprint density at radius 2 is 2.20 bits per heavy atom. The fraction of sp³-hybridized carbons (Fsp3) is 0.600. The van der Waals surface area contributed by atoms with Crippen LogP contribution in [0.15, 0.2) is 0 Å². The molecule has 0 bridgehead atoms. The van der Waals surface area contributed by atoms with Crippen LogP contribution in [0.3, 0.4) is 0 Å². The molecule has 0 saturated carbocycles. The van der Waals surface area contributed by atoms with Crippen molar-refractivity contribution in [1.82, 2.24) is 9.97 Å². The van der Waals surface area contributed by atoms with Gasteiger partial charge in [0.1, 0.15) is 5.69 Å². The molecule has 1 saturated heterocycles. The van der Waals surface area contributed by atoms with E-state index >= 15 is 0 Å². The predicted molar refractivity (Wildman–Crippen MR) is 73.1 cm³/mol. The van der Waals surface area contributed by atoms with Crippen molar-refractivity contribution in [2.75, 3.05) is 29.1 Å². The highest BCUT2D eigenvalue weighted by Crippen LogP contribution is 2.27.